The van der Waals surface area contributed by atoms with Crippen LogP contribution in [0.25, 0.3) is 0 Å². The molecule has 1 aliphatic rings. The second-order valence-corrected chi connectivity index (χ2v) is 3.80. The van der Waals surface area contributed by atoms with Gasteiger partial charge in [-0.3, -0.25) is 0 Å². The molecular weight excluding hydrogens is 180 g/mol. The second kappa shape index (κ2) is 5.86. The lowest BCUT2D eigenvalue weighted by atomic mass is 10.3. The summed E-state index contributed by atoms with van der Waals surface area (Å²) in [5.41, 5.74) is 0. The molecule has 1 aliphatic carbocycles. The van der Waals surface area contributed by atoms with E-state index < -0.39 is 6.09 Å². The van der Waals surface area contributed by atoms with Crippen LogP contribution in [-0.4, -0.2) is 41.8 Å². The molecule has 0 atom stereocenters. The Morgan fingerprint density at radius 2 is 2.21 bits per heavy atom. The van der Waals surface area contributed by atoms with Gasteiger partial charge in [0.15, 0.2) is 0 Å². The molecule has 4 heteroatoms. The molecule has 14 heavy (non-hydrogen) atoms. The van der Waals surface area contributed by atoms with Gasteiger partial charge in [-0.05, 0) is 38.8 Å². The smallest absolute Gasteiger partial charge is 0.404 e. The average Bonchev–Trinajstić information content (AvgIpc) is 2.94. The van der Waals surface area contributed by atoms with Crippen LogP contribution in [0.2, 0.25) is 0 Å². The van der Waals surface area contributed by atoms with Crippen LogP contribution in [0.15, 0.2) is 0 Å². The molecule has 0 saturated heterocycles. The number of carbonyl (C=O) groups is 1. The van der Waals surface area contributed by atoms with E-state index in [2.05, 4.69) is 17.1 Å². The van der Waals surface area contributed by atoms with Crippen LogP contribution < -0.4 is 5.32 Å². The van der Waals surface area contributed by atoms with E-state index in [1.54, 1.807) is 0 Å². The lowest BCUT2D eigenvalue weighted by Crippen LogP contribution is -2.28. The number of hydrogen-bond acceptors (Lipinski definition) is 2. The normalized spacial score (nSPS) is 15.9. The largest absolute Gasteiger partial charge is 0.465 e. The highest BCUT2D eigenvalue weighted by molar-refractivity contribution is 5.64. The van der Waals surface area contributed by atoms with Crippen LogP contribution >= 0.6 is 0 Å². The maximum atomic E-state index is 10.1. The van der Waals surface area contributed by atoms with Gasteiger partial charge in [0.2, 0.25) is 0 Å². The fourth-order valence-corrected chi connectivity index (χ4v) is 1.67. The Bertz CT molecular complexity index is 181. The number of unbranched alkanes of at least 4 members (excludes halogenated alkanes) is 1. The van der Waals surface area contributed by atoms with Crippen molar-refractivity contribution in [1.82, 2.24) is 10.2 Å². The van der Waals surface area contributed by atoms with Gasteiger partial charge in [-0.2, -0.15) is 0 Å². The summed E-state index contributed by atoms with van der Waals surface area (Å²) in [4.78, 5) is 12.6. The van der Waals surface area contributed by atoms with E-state index >= 15 is 0 Å². The molecule has 82 valence electrons. The van der Waals surface area contributed by atoms with Crippen molar-refractivity contribution < 1.29 is 9.90 Å². The zero-order valence-electron chi connectivity index (χ0n) is 8.83. The van der Waals surface area contributed by atoms with Gasteiger partial charge in [-0.25, -0.2) is 4.79 Å². The Morgan fingerprint density at radius 1 is 1.50 bits per heavy atom. The molecule has 0 aliphatic heterocycles. The molecule has 0 aromatic carbocycles. The zero-order chi connectivity index (χ0) is 10.4. The highest BCUT2D eigenvalue weighted by Gasteiger charge is 2.26. The number of hydrogen-bond donors (Lipinski definition) is 2. The SMILES string of the molecule is CCN(CCCCNC(=O)O)C1CC1. The van der Waals surface area contributed by atoms with Crippen LogP contribution in [-0.2, 0) is 0 Å². The molecule has 1 saturated carbocycles. The van der Waals surface area contributed by atoms with Gasteiger partial charge in [0, 0.05) is 12.6 Å². The van der Waals surface area contributed by atoms with E-state index in [0.29, 0.717) is 6.54 Å². The maximum absolute atomic E-state index is 10.1. The summed E-state index contributed by atoms with van der Waals surface area (Å²) in [6.07, 6.45) is 3.81. The van der Waals surface area contributed by atoms with E-state index in [4.69, 9.17) is 5.11 Å². The first-order valence-corrected chi connectivity index (χ1v) is 5.45. The van der Waals surface area contributed by atoms with Gasteiger partial charge >= 0.3 is 6.09 Å². The summed E-state index contributed by atoms with van der Waals surface area (Å²) >= 11 is 0. The van der Waals surface area contributed by atoms with Crippen molar-refractivity contribution in [1.29, 1.82) is 0 Å². The Kier molecular flexibility index (Phi) is 4.73. The highest BCUT2D eigenvalue weighted by Crippen LogP contribution is 2.26. The summed E-state index contributed by atoms with van der Waals surface area (Å²) in [5.74, 6) is 0. The fourth-order valence-electron chi connectivity index (χ4n) is 1.67. The van der Waals surface area contributed by atoms with Crippen LogP contribution in [0.5, 0.6) is 0 Å². The zero-order valence-corrected chi connectivity index (χ0v) is 8.83. The lowest BCUT2D eigenvalue weighted by Gasteiger charge is -2.19. The van der Waals surface area contributed by atoms with Gasteiger partial charge in [0.1, 0.15) is 0 Å². The molecular formula is C10H20N2O2. The van der Waals surface area contributed by atoms with E-state index in [1.165, 1.54) is 12.8 Å². The number of nitrogens with one attached hydrogen (secondary N) is 1. The Labute approximate surface area is 85.3 Å². The fraction of sp³-hybridized carbons (Fsp3) is 0.900. The number of carboxylic acid groups (broad SMARTS) is 1. The minimum atomic E-state index is -0.917. The molecule has 0 aromatic heterocycles. The highest BCUT2D eigenvalue weighted by atomic mass is 16.4. The molecule has 2 N–H and O–H groups in total. The third-order valence-corrected chi connectivity index (χ3v) is 2.62. The van der Waals surface area contributed by atoms with Crippen molar-refractivity contribution in [3.8, 4) is 0 Å². The van der Waals surface area contributed by atoms with E-state index in [0.717, 1.165) is 32.0 Å². The van der Waals surface area contributed by atoms with Gasteiger partial charge in [-0.15, -0.1) is 0 Å². The second-order valence-electron chi connectivity index (χ2n) is 3.80. The maximum Gasteiger partial charge on any atom is 0.404 e. The summed E-state index contributed by atoms with van der Waals surface area (Å²) in [7, 11) is 0. The van der Waals surface area contributed by atoms with Gasteiger partial charge in [-0.1, -0.05) is 6.92 Å². The van der Waals surface area contributed by atoms with Crippen molar-refractivity contribution >= 4 is 6.09 Å². The summed E-state index contributed by atoms with van der Waals surface area (Å²) in [6, 6.07) is 0.826. The molecule has 0 unspecified atom stereocenters. The minimum Gasteiger partial charge on any atom is -0.465 e. The van der Waals surface area contributed by atoms with Crippen molar-refractivity contribution in [2.24, 2.45) is 0 Å². The molecule has 1 amide bonds. The average molecular weight is 200 g/mol. The molecule has 0 spiro atoms. The predicted molar refractivity (Wildman–Crippen MR) is 55.5 cm³/mol. The summed E-state index contributed by atoms with van der Waals surface area (Å²) in [6.45, 7) is 5.00. The topological polar surface area (TPSA) is 52.6 Å². The van der Waals surface area contributed by atoms with E-state index in [-0.39, 0.29) is 0 Å². The third-order valence-electron chi connectivity index (χ3n) is 2.62. The molecule has 0 radical (unpaired) electrons. The monoisotopic (exact) mass is 200 g/mol. The van der Waals surface area contributed by atoms with E-state index in [1.807, 2.05) is 0 Å². The van der Waals surface area contributed by atoms with Crippen molar-refractivity contribution in [2.75, 3.05) is 19.6 Å². The first-order valence-electron chi connectivity index (χ1n) is 5.45. The molecule has 1 fully saturated rings. The van der Waals surface area contributed by atoms with Gasteiger partial charge in [0.25, 0.3) is 0 Å². The summed E-state index contributed by atoms with van der Waals surface area (Å²) < 4.78 is 0. The standard InChI is InChI=1S/C10H20N2O2/c1-2-12(9-5-6-9)8-4-3-7-11-10(13)14/h9,11H,2-8H2,1H3,(H,13,14). The molecule has 1 rings (SSSR count). The Morgan fingerprint density at radius 3 is 2.71 bits per heavy atom. The minimum absolute atomic E-state index is 0.581. The number of nitrogens with zero attached hydrogens (tertiary/aromatic N) is 1. The van der Waals surface area contributed by atoms with Crippen molar-refractivity contribution in [2.45, 2.75) is 38.6 Å². The van der Waals surface area contributed by atoms with Crippen LogP contribution in [0.3, 0.4) is 0 Å². The lowest BCUT2D eigenvalue weighted by molar-refractivity contribution is 0.194. The Balaban J connectivity index is 1.93. The van der Waals surface area contributed by atoms with Crippen molar-refractivity contribution in [3.05, 3.63) is 0 Å². The quantitative estimate of drug-likeness (QED) is 0.613. The molecule has 0 heterocycles. The number of rotatable bonds is 7. The molecule has 4 nitrogen and oxygen atoms in total. The van der Waals surface area contributed by atoms with Crippen LogP contribution in [0.1, 0.15) is 32.6 Å². The molecule has 0 aromatic rings. The predicted octanol–water partition coefficient (Wildman–Crippen LogP) is 1.52. The van der Waals surface area contributed by atoms with Gasteiger partial charge in [0.05, 0.1) is 0 Å². The van der Waals surface area contributed by atoms with Crippen molar-refractivity contribution in [3.63, 3.8) is 0 Å². The molecule has 0 bridgehead atoms. The number of amides is 1. The summed E-state index contributed by atoms with van der Waals surface area (Å²) in [5, 5.41) is 10.7. The van der Waals surface area contributed by atoms with Crippen LogP contribution in [0, 0.1) is 0 Å². The first kappa shape index (κ1) is 11.3. The first-order chi connectivity index (χ1) is 6.74. The Hall–Kier alpha value is -0.770. The van der Waals surface area contributed by atoms with Crippen LogP contribution in [0.4, 0.5) is 4.79 Å². The third kappa shape index (κ3) is 4.46. The van der Waals surface area contributed by atoms with Gasteiger partial charge < -0.3 is 15.3 Å². The van der Waals surface area contributed by atoms with E-state index in [9.17, 15) is 4.79 Å².